The molecule has 0 radical (unpaired) electrons. The first-order valence-corrected chi connectivity index (χ1v) is 8.20. The van der Waals surface area contributed by atoms with E-state index in [0.29, 0.717) is 23.3 Å². The molecule has 1 heterocycles. The van der Waals surface area contributed by atoms with Crippen molar-refractivity contribution in [3.05, 3.63) is 0 Å². The van der Waals surface area contributed by atoms with Crippen molar-refractivity contribution in [2.24, 2.45) is 5.92 Å². The zero-order valence-electron chi connectivity index (χ0n) is 10.8. The SMILES string of the molecule is CC1CCCC(S(=O)CC2CCC(C(=O)O)O2)C1. The summed E-state index contributed by atoms with van der Waals surface area (Å²) in [7, 11) is -0.863. The molecule has 5 heteroatoms. The Morgan fingerprint density at radius 3 is 2.72 bits per heavy atom. The van der Waals surface area contributed by atoms with Crippen molar-refractivity contribution in [1.29, 1.82) is 0 Å². The van der Waals surface area contributed by atoms with Crippen molar-refractivity contribution >= 4 is 16.8 Å². The van der Waals surface area contributed by atoms with Crippen LogP contribution in [0.1, 0.15) is 45.4 Å². The Kier molecular flexibility index (Phi) is 4.78. The van der Waals surface area contributed by atoms with Gasteiger partial charge in [-0.3, -0.25) is 4.21 Å². The first-order valence-electron chi connectivity index (χ1n) is 6.81. The molecule has 0 bridgehead atoms. The van der Waals surface area contributed by atoms with Gasteiger partial charge in [-0.2, -0.15) is 0 Å². The fraction of sp³-hybridized carbons (Fsp3) is 0.923. The summed E-state index contributed by atoms with van der Waals surface area (Å²) in [6.45, 7) is 2.22. The van der Waals surface area contributed by atoms with Gasteiger partial charge in [0.15, 0.2) is 6.10 Å². The molecule has 1 N–H and O–H groups in total. The van der Waals surface area contributed by atoms with Crippen LogP contribution in [0.15, 0.2) is 0 Å². The molecule has 5 unspecified atom stereocenters. The highest BCUT2D eigenvalue weighted by Gasteiger charge is 2.33. The Morgan fingerprint density at radius 2 is 2.11 bits per heavy atom. The third-order valence-electron chi connectivity index (χ3n) is 3.99. The molecule has 0 aromatic heterocycles. The van der Waals surface area contributed by atoms with Crippen LogP contribution < -0.4 is 0 Å². The zero-order valence-corrected chi connectivity index (χ0v) is 11.7. The quantitative estimate of drug-likeness (QED) is 0.851. The summed E-state index contributed by atoms with van der Waals surface area (Å²) in [5.74, 6) is 0.291. The Balaban J connectivity index is 1.79. The van der Waals surface area contributed by atoms with Crippen LogP contribution in [0.2, 0.25) is 0 Å². The lowest BCUT2D eigenvalue weighted by atomic mass is 9.91. The van der Waals surface area contributed by atoms with Gasteiger partial charge >= 0.3 is 5.97 Å². The van der Waals surface area contributed by atoms with Gasteiger partial charge in [0.1, 0.15) is 0 Å². The predicted molar refractivity (Wildman–Crippen MR) is 70.0 cm³/mol. The highest BCUT2D eigenvalue weighted by molar-refractivity contribution is 7.85. The van der Waals surface area contributed by atoms with E-state index in [1.54, 1.807) is 0 Å². The van der Waals surface area contributed by atoms with Crippen LogP contribution in [-0.2, 0) is 20.3 Å². The summed E-state index contributed by atoms with van der Waals surface area (Å²) in [6.07, 6.45) is 4.98. The minimum Gasteiger partial charge on any atom is -0.479 e. The molecular formula is C13H22O4S. The molecule has 0 aromatic carbocycles. The highest BCUT2D eigenvalue weighted by atomic mass is 32.2. The van der Waals surface area contributed by atoms with E-state index in [-0.39, 0.29) is 6.10 Å². The monoisotopic (exact) mass is 274 g/mol. The van der Waals surface area contributed by atoms with Gasteiger partial charge in [-0.15, -0.1) is 0 Å². The smallest absolute Gasteiger partial charge is 0.332 e. The summed E-state index contributed by atoms with van der Waals surface area (Å²) in [6, 6.07) is 0. The van der Waals surface area contributed by atoms with Crippen molar-refractivity contribution in [2.75, 3.05) is 5.75 Å². The van der Waals surface area contributed by atoms with E-state index < -0.39 is 22.9 Å². The molecule has 1 saturated heterocycles. The molecule has 18 heavy (non-hydrogen) atoms. The van der Waals surface area contributed by atoms with E-state index in [1.807, 2.05) is 0 Å². The molecule has 2 aliphatic rings. The van der Waals surface area contributed by atoms with Crippen LogP contribution in [0.3, 0.4) is 0 Å². The number of carbonyl (C=O) groups is 1. The number of hydrogen-bond donors (Lipinski definition) is 1. The maximum atomic E-state index is 12.3. The molecule has 0 amide bonds. The average Bonchev–Trinajstić information content (AvgIpc) is 2.77. The lowest BCUT2D eigenvalue weighted by Gasteiger charge is -2.26. The largest absolute Gasteiger partial charge is 0.479 e. The van der Waals surface area contributed by atoms with Crippen LogP contribution in [0.4, 0.5) is 0 Å². The van der Waals surface area contributed by atoms with Gasteiger partial charge in [-0.25, -0.2) is 4.79 Å². The number of carboxylic acid groups (broad SMARTS) is 1. The number of ether oxygens (including phenoxy) is 1. The number of rotatable bonds is 4. The summed E-state index contributed by atoms with van der Waals surface area (Å²) < 4.78 is 17.7. The lowest BCUT2D eigenvalue weighted by Crippen LogP contribution is -2.30. The van der Waals surface area contributed by atoms with E-state index in [4.69, 9.17) is 9.84 Å². The predicted octanol–water partition coefficient (Wildman–Crippen LogP) is 1.95. The van der Waals surface area contributed by atoms with Gasteiger partial charge in [0.25, 0.3) is 0 Å². The van der Waals surface area contributed by atoms with Crippen LogP contribution in [-0.4, -0.2) is 38.5 Å². The average molecular weight is 274 g/mol. The Morgan fingerprint density at radius 1 is 1.33 bits per heavy atom. The third kappa shape index (κ3) is 3.54. The highest BCUT2D eigenvalue weighted by Crippen LogP contribution is 2.29. The Bertz CT molecular complexity index is 331. The summed E-state index contributed by atoms with van der Waals surface area (Å²) >= 11 is 0. The minimum absolute atomic E-state index is 0.121. The number of aliphatic carboxylic acids is 1. The first-order chi connectivity index (χ1) is 8.56. The summed E-state index contributed by atoms with van der Waals surface area (Å²) in [4.78, 5) is 10.8. The molecule has 2 rings (SSSR count). The molecule has 104 valence electrons. The van der Waals surface area contributed by atoms with Gasteiger partial charge in [-0.05, 0) is 31.6 Å². The van der Waals surface area contributed by atoms with Crippen molar-refractivity contribution < 1.29 is 18.8 Å². The summed E-state index contributed by atoms with van der Waals surface area (Å²) in [5.41, 5.74) is 0. The second-order valence-corrected chi connectivity index (χ2v) is 7.37. The normalized spacial score (nSPS) is 38.5. The van der Waals surface area contributed by atoms with Gasteiger partial charge in [0.05, 0.1) is 11.9 Å². The van der Waals surface area contributed by atoms with Crippen LogP contribution in [0.25, 0.3) is 0 Å². The molecule has 0 aromatic rings. The standard InChI is InChI=1S/C13H22O4S/c1-9-3-2-4-11(7-9)18(16)8-10-5-6-12(17-10)13(14)15/h9-12H,2-8H2,1H3,(H,14,15). The van der Waals surface area contributed by atoms with Gasteiger partial charge < -0.3 is 9.84 Å². The van der Waals surface area contributed by atoms with E-state index in [0.717, 1.165) is 19.3 Å². The molecule has 1 aliphatic heterocycles. The Hall–Kier alpha value is -0.420. The number of hydrogen-bond acceptors (Lipinski definition) is 3. The fourth-order valence-electron chi connectivity index (χ4n) is 2.95. The molecule has 4 nitrogen and oxygen atoms in total. The molecule has 0 spiro atoms. The van der Waals surface area contributed by atoms with E-state index >= 15 is 0 Å². The zero-order chi connectivity index (χ0) is 13.1. The van der Waals surface area contributed by atoms with E-state index in [1.165, 1.54) is 12.8 Å². The van der Waals surface area contributed by atoms with E-state index in [2.05, 4.69) is 6.92 Å². The van der Waals surface area contributed by atoms with Crippen LogP contribution in [0.5, 0.6) is 0 Å². The maximum absolute atomic E-state index is 12.3. The van der Waals surface area contributed by atoms with Crippen LogP contribution >= 0.6 is 0 Å². The van der Waals surface area contributed by atoms with Gasteiger partial charge in [0, 0.05) is 16.0 Å². The maximum Gasteiger partial charge on any atom is 0.332 e. The molecule has 5 atom stereocenters. The van der Waals surface area contributed by atoms with Gasteiger partial charge in [0.2, 0.25) is 0 Å². The second kappa shape index (κ2) is 6.15. The second-order valence-electron chi connectivity index (χ2n) is 5.60. The molecule has 1 saturated carbocycles. The van der Waals surface area contributed by atoms with E-state index in [9.17, 15) is 9.00 Å². The fourth-order valence-corrected chi connectivity index (χ4v) is 4.80. The van der Waals surface area contributed by atoms with Crippen molar-refractivity contribution in [1.82, 2.24) is 0 Å². The molecular weight excluding hydrogens is 252 g/mol. The third-order valence-corrected chi connectivity index (χ3v) is 5.87. The lowest BCUT2D eigenvalue weighted by molar-refractivity contribution is -0.148. The van der Waals surface area contributed by atoms with Crippen molar-refractivity contribution in [2.45, 2.75) is 62.9 Å². The minimum atomic E-state index is -0.894. The first kappa shape index (κ1) is 14.0. The molecule has 1 aliphatic carbocycles. The van der Waals surface area contributed by atoms with Gasteiger partial charge in [-0.1, -0.05) is 19.8 Å². The topological polar surface area (TPSA) is 63.6 Å². The number of carboxylic acids is 1. The van der Waals surface area contributed by atoms with Crippen molar-refractivity contribution in [3.8, 4) is 0 Å². The van der Waals surface area contributed by atoms with Crippen LogP contribution in [0, 0.1) is 5.92 Å². The van der Waals surface area contributed by atoms with Crippen molar-refractivity contribution in [3.63, 3.8) is 0 Å². The Labute approximate surface area is 111 Å². The summed E-state index contributed by atoms with van der Waals surface area (Å²) in [5, 5.41) is 9.14. The molecule has 2 fully saturated rings.